The van der Waals surface area contributed by atoms with Crippen LogP contribution in [0.25, 0.3) is 0 Å². The van der Waals surface area contributed by atoms with Gasteiger partial charge in [-0.05, 0) is 35.9 Å². The van der Waals surface area contributed by atoms with Crippen molar-refractivity contribution < 1.29 is 4.92 Å². The van der Waals surface area contributed by atoms with E-state index in [1.807, 2.05) is 12.3 Å². The van der Waals surface area contributed by atoms with E-state index in [9.17, 15) is 10.1 Å². The summed E-state index contributed by atoms with van der Waals surface area (Å²) in [5.74, 6) is 0. The second kappa shape index (κ2) is 5.29. The van der Waals surface area contributed by atoms with Crippen molar-refractivity contribution in [3.8, 4) is 0 Å². The molecule has 1 heterocycles. The Balaban J connectivity index is 2.10. The Morgan fingerprint density at radius 3 is 2.50 bits per heavy atom. The number of nitrogens with two attached hydrogens (primary N) is 1. The van der Waals surface area contributed by atoms with Crippen molar-refractivity contribution in [2.75, 3.05) is 0 Å². The van der Waals surface area contributed by atoms with Crippen LogP contribution in [0.3, 0.4) is 0 Å². The van der Waals surface area contributed by atoms with Gasteiger partial charge in [-0.2, -0.15) is 0 Å². The molecule has 0 spiro atoms. The van der Waals surface area contributed by atoms with E-state index in [0.717, 1.165) is 5.56 Å². The van der Waals surface area contributed by atoms with Crippen LogP contribution in [0.5, 0.6) is 0 Å². The monoisotopic (exact) mass is 262 g/mol. The molecule has 0 fully saturated rings. The topological polar surface area (TPSA) is 69.2 Å². The molecule has 0 aliphatic carbocycles. The summed E-state index contributed by atoms with van der Waals surface area (Å²) in [5, 5.41) is 12.6. The molecule has 0 saturated heterocycles. The molecule has 1 aromatic heterocycles. The smallest absolute Gasteiger partial charge is 0.269 e. The molecule has 4 nitrogen and oxygen atoms in total. The van der Waals surface area contributed by atoms with Gasteiger partial charge in [-0.25, -0.2) is 0 Å². The van der Waals surface area contributed by atoms with Crippen LogP contribution in [-0.2, 0) is 6.42 Å². The largest absolute Gasteiger partial charge is 0.323 e. The van der Waals surface area contributed by atoms with E-state index < -0.39 is 4.92 Å². The highest BCUT2D eigenvalue weighted by atomic mass is 32.1. The summed E-state index contributed by atoms with van der Waals surface area (Å²) in [4.78, 5) is 11.3. The summed E-state index contributed by atoms with van der Waals surface area (Å²) in [6, 6.07) is 8.57. The maximum absolute atomic E-state index is 10.5. The summed E-state index contributed by atoms with van der Waals surface area (Å²) in [7, 11) is 0. The van der Waals surface area contributed by atoms with Gasteiger partial charge in [-0.3, -0.25) is 10.1 Å². The number of nitro groups is 1. The van der Waals surface area contributed by atoms with E-state index in [2.05, 4.69) is 6.07 Å². The second-order valence-electron chi connectivity index (χ2n) is 4.20. The third-order valence-electron chi connectivity index (χ3n) is 2.84. The number of hydrogen-bond donors (Lipinski definition) is 1. The zero-order valence-corrected chi connectivity index (χ0v) is 10.8. The first kappa shape index (κ1) is 12.7. The van der Waals surface area contributed by atoms with Crippen molar-refractivity contribution in [1.82, 2.24) is 0 Å². The molecule has 0 aliphatic rings. The maximum atomic E-state index is 10.5. The lowest BCUT2D eigenvalue weighted by atomic mass is 10.0. The number of nitrogens with zero attached hydrogens (tertiary/aromatic N) is 1. The second-order valence-corrected chi connectivity index (χ2v) is 5.15. The van der Waals surface area contributed by atoms with Crippen LogP contribution < -0.4 is 5.73 Å². The Morgan fingerprint density at radius 1 is 1.33 bits per heavy atom. The maximum Gasteiger partial charge on any atom is 0.269 e. The Kier molecular flexibility index (Phi) is 3.74. The molecule has 0 radical (unpaired) electrons. The minimum Gasteiger partial charge on any atom is -0.323 e. The first-order valence-electron chi connectivity index (χ1n) is 5.61. The van der Waals surface area contributed by atoms with Crippen molar-refractivity contribution >= 4 is 17.0 Å². The van der Waals surface area contributed by atoms with E-state index in [1.54, 1.807) is 23.5 Å². The highest BCUT2D eigenvalue weighted by Crippen LogP contribution is 2.25. The fourth-order valence-electron chi connectivity index (χ4n) is 1.86. The minimum absolute atomic E-state index is 0.0496. The molecule has 0 amide bonds. The van der Waals surface area contributed by atoms with Gasteiger partial charge < -0.3 is 5.73 Å². The highest BCUT2D eigenvalue weighted by molar-refractivity contribution is 7.10. The Hall–Kier alpha value is -1.72. The Bertz CT molecular complexity index is 548. The molecule has 1 atom stereocenters. The average molecular weight is 262 g/mol. The molecule has 94 valence electrons. The van der Waals surface area contributed by atoms with Crippen LogP contribution in [-0.4, -0.2) is 4.92 Å². The number of hydrogen-bond acceptors (Lipinski definition) is 4. The number of thiophene rings is 1. The molecule has 2 rings (SSSR count). The van der Waals surface area contributed by atoms with Gasteiger partial charge in [-0.15, -0.1) is 11.3 Å². The van der Waals surface area contributed by atoms with E-state index in [1.165, 1.54) is 22.6 Å². The van der Waals surface area contributed by atoms with E-state index >= 15 is 0 Å². The quantitative estimate of drug-likeness (QED) is 0.679. The van der Waals surface area contributed by atoms with Gasteiger partial charge in [0, 0.05) is 23.1 Å². The summed E-state index contributed by atoms with van der Waals surface area (Å²) in [6.45, 7) is 2.04. The third kappa shape index (κ3) is 2.75. The van der Waals surface area contributed by atoms with Crippen molar-refractivity contribution in [2.24, 2.45) is 5.73 Å². The van der Waals surface area contributed by atoms with Crippen molar-refractivity contribution in [1.29, 1.82) is 0 Å². The van der Waals surface area contributed by atoms with Crippen LogP contribution in [0.4, 0.5) is 5.69 Å². The molecular formula is C13H14N2O2S. The number of non-ortho nitro benzene ring substituents is 1. The van der Waals surface area contributed by atoms with E-state index in [0.29, 0.717) is 6.42 Å². The predicted octanol–water partition coefficient (Wildman–Crippen LogP) is 3.21. The van der Waals surface area contributed by atoms with Crippen LogP contribution in [0.1, 0.15) is 22.0 Å². The number of benzene rings is 1. The van der Waals surface area contributed by atoms with Gasteiger partial charge in [0.2, 0.25) is 0 Å². The molecule has 0 aliphatic heterocycles. The molecule has 0 bridgehead atoms. The van der Waals surface area contributed by atoms with Crippen molar-refractivity contribution in [3.05, 3.63) is 61.8 Å². The SMILES string of the molecule is Cc1ccsc1C(N)Cc1ccc([N+](=O)[O-])cc1. The summed E-state index contributed by atoms with van der Waals surface area (Å²) >= 11 is 1.65. The normalized spacial score (nSPS) is 12.3. The molecule has 1 aromatic carbocycles. The zero-order valence-electron chi connectivity index (χ0n) is 10.00. The van der Waals surface area contributed by atoms with Crippen molar-refractivity contribution in [2.45, 2.75) is 19.4 Å². The van der Waals surface area contributed by atoms with Crippen molar-refractivity contribution in [3.63, 3.8) is 0 Å². The molecule has 2 aromatic rings. The molecular weight excluding hydrogens is 248 g/mol. The van der Waals surface area contributed by atoms with E-state index in [-0.39, 0.29) is 11.7 Å². The molecule has 2 N–H and O–H groups in total. The molecule has 1 unspecified atom stereocenters. The molecule has 0 saturated carbocycles. The molecule has 18 heavy (non-hydrogen) atoms. The summed E-state index contributed by atoms with van der Waals surface area (Å²) in [6.07, 6.45) is 0.694. The number of nitro benzene ring substituents is 1. The fraction of sp³-hybridized carbons (Fsp3) is 0.231. The van der Waals surface area contributed by atoms with Crippen LogP contribution in [0.15, 0.2) is 35.7 Å². The standard InChI is InChI=1S/C13H14N2O2S/c1-9-6-7-18-13(9)12(14)8-10-2-4-11(5-3-10)15(16)17/h2-7,12H,8,14H2,1H3. The third-order valence-corrected chi connectivity index (χ3v) is 3.99. The van der Waals surface area contributed by atoms with Gasteiger partial charge >= 0.3 is 0 Å². The average Bonchev–Trinajstić information content (AvgIpc) is 2.76. The van der Waals surface area contributed by atoms with Gasteiger partial charge in [0.15, 0.2) is 0 Å². The number of rotatable bonds is 4. The lowest BCUT2D eigenvalue weighted by Crippen LogP contribution is -2.12. The predicted molar refractivity (Wildman–Crippen MR) is 72.8 cm³/mol. The highest BCUT2D eigenvalue weighted by Gasteiger charge is 2.12. The van der Waals surface area contributed by atoms with Gasteiger partial charge in [0.1, 0.15) is 0 Å². The summed E-state index contributed by atoms with van der Waals surface area (Å²) in [5.41, 5.74) is 8.48. The first-order chi connectivity index (χ1) is 8.58. The van der Waals surface area contributed by atoms with Gasteiger partial charge in [0.05, 0.1) is 4.92 Å². The van der Waals surface area contributed by atoms with Gasteiger partial charge in [0.25, 0.3) is 5.69 Å². The van der Waals surface area contributed by atoms with E-state index in [4.69, 9.17) is 5.73 Å². The zero-order chi connectivity index (χ0) is 13.1. The van der Waals surface area contributed by atoms with Gasteiger partial charge in [-0.1, -0.05) is 12.1 Å². The van der Waals surface area contributed by atoms with Crippen LogP contribution >= 0.6 is 11.3 Å². The minimum atomic E-state index is -0.396. The van der Waals surface area contributed by atoms with Crippen LogP contribution in [0.2, 0.25) is 0 Å². The van der Waals surface area contributed by atoms with Crippen LogP contribution in [0, 0.1) is 17.0 Å². The molecule has 5 heteroatoms. The summed E-state index contributed by atoms with van der Waals surface area (Å²) < 4.78 is 0. The first-order valence-corrected chi connectivity index (χ1v) is 6.49. The fourth-order valence-corrected chi connectivity index (χ4v) is 2.80. The lowest BCUT2D eigenvalue weighted by molar-refractivity contribution is -0.384. The Labute approximate surface area is 109 Å². The Morgan fingerprint density at radius 2 is 2.00 bits per heavy atom. The number of aryl methyl sites for hydroxylation is 1. The lowest BCUT2D eigenvalue weighted by Gasteiger charge is -2.11.